The Bertz CT molecular complexity index is 1830. The van der Waals surface area contributed by atoms with Gasteiger partial charge in [-0.15, -0.1) is 0 Å². The van der Waals surface area contributed by atoms with Crippen LogP contribution in [0.25, 0.3) is 21.9 Å². The highest BCUT2D eigenvalue weighted by Gasteiger charge is 2.37. The van der Waals surface area contributed by atoms with Crippen LogP contribution in [0.15, 0.2) is 36.6 Å². The van der Waals surface area contributed by atoms with Crippen molar-refractivity contribution in [2.24, 2.45) is 5.92 Å². The lowest BCUT2D eigenvalue weighted by molar-refractivity contribution is -0.386. The molecule has 39 heavy (non-hydrogen) atoms. The molecule has 202 valence electrons. The van der Waals surface area contributed by atoms with Gasteiger partial charge in [-0.2, -0.15) is 0 Å². The van der Waals surface area contributed by atoms with Crippen molar-refractivity contribution < 1.29 is 18.6 Å². The van der Waals surface area contributed by atoms with Gasteiger partial charge in [0, 0.05) is 65.6 Å². The van der Waals surface area contributed by atoms with Crippen molar-refractivity contribution in [2.45, 2.75) is 59.4 Å². The summed E-state index contributed by atoms with van der Waals surface area (Å²) in [6.07, 6.45) is 1.25. The number of carbonyl (C=O) groups is 1. The molecule has 2 aliphatic heterocycles. The molecular weight excluding hydrogens is 502 g/mol. The smallest absolute Gasteiger partial charge is 0.339 e. The molecule has 2 aliphatic rings. The number of hydrogen-bond donors (Lipinski definition) is 0. The van der Waals surface area contributed by atoms with Crippen LogP contribution < -0.4 is 11.2 Å². The van der Waals surface area contributed by atoms with Gasteiger partial charge in [-0.3, -0.25) is 19.7 Å². The number of piperidine rings is 1. The molecule has 10 nitrogen and oxygen atoms in total. The van der Waals surface area contributed by atoms with Crippen LogP contribution in [0.3, 0.4) is 0 Å². The second-order valence-electron chi connectivity index (χ2n) is 10.9. The molecule has 6 rings (SSSR count). The number of amides is 1. The van der Waals surface area contributed by atoms with Gasteiger partial charge in [-0.25, -0.2) is 4.79 Å². The number of carbonyl (C=O) groups excluding carboxylic acids is 1. The summed E-state index contributed by atoms with van der Waals surface area (Å²) >= 11 is 0. The molecule has 2 bridgehead atoms. The van der Waals surface area contributed by atoms with Crippen molar-refractivity contribution in [2.75, 3.05) is 13.1 Å². The highest BCUT2D eigenvalue weighted by molar-refractivity contribution is 6.00. The van der Waals surface area contributed by atoms with Crippen molar-refractivity contribution in [3.8, 4) is 0 Å². The lowest BCUT2D eigenvalue weighted by Crippen LogP contribution is -2.49. The summed E-state index contributed by atoms with van der Waals surface area (Å²) in [7, 11) is 0. The van der Waals surface area contributed by atoms with Gasteiger partial charge in [0.1, 0.15) is 16.9 Å². The van der Waals surface area contributed by atoms with Crippen molar-refractivity contribution in [3.05, 3.63) is 82.8 Å². The van der Waals surface area contributed by atoms with Gasteiger partial charge in [0.2, 0.25) is 5.91 Å². The average molecular weight is 532 g/mol. The number of fused-ring (bicyclic) bond motifs is 6. The Labute approximate surface area is 223 Å². The number of aromatic nitrogens is 1. The topological polar surface area (TPSA) is 129 Å². The second kappa shape index (κ2) is 8.93. The summed E-state index contributed by atoms with van der Waals surface area (Å²) in [5.41, 5.74) is 3.64. The first kappa shape index (κ1) is 25.1. The van der Waals surface area contributed by atoms with Crippen molar-refractivity contribution in [1.82, 2.24) is 9.47 Å². The summed E-state index contributed by atoms with van der Waals surface area (Å²) < 4.78 is 13.2. The second-order valence-corrected chi connectivity index (χ2v) is 10.9. The zero-order valence-corrected chi connectivity index (χ0v) is 22.3. The molecule has 1 saturated heterocycles. The molecule has 1 amide bonds. The Kier molecular flexibility index (Phi) is 5.74. The molecule has 0 saturated carbocycles. The summed E-state index contributed by atoms with van der Waals surface area (Å²) in [6.45, 7) is 8.96. The van der Waals surface area contributed by atoms with E-state index in [4.69, 9.17) is 8.83 Å². The van der Waals surface area contributed by atoms with Crippen molar-refractivity contribution >= 4 is 33.5 Å². The van der Waals surface area contributed by atoms with E-state index in [0.717, 1.165) is 50.9 Å². The lowest BCUT2D eigenvalue weighted by Gasteiger charge is -2.42. The van der Waals surface area contributed by atoms with Gasteiger partial charge in [0.25, 0.3) is 0 Å². The van der Waals surface area contributed by atoms with Crippen LogP contribution in [0.1, 0.15) is 52.5 Å². The molecule has 5 heterocycles. The normalized spacial score (nSPS) is 18.5. The SMILES string of the molecule is Cc1oc2c(C)c3oc(=O)c(CCC(=O)N4CC5C[C@@H](C4)Cn4c5ccc([N+](=O)[O-])c4=O)c(C)c3cc2c1C. The number of likely N-dealkylation sites (tertiary alicyclic amines) is 1. The van der Waals surface area contributed by atoms with E-state index in [1.165, 1.54) is 10.6 Å². The number of benzene rings is 1. The molecule has 0 N–H and O–H groups in total. The standard InChI is InChI=1S/C29H29N3O7/c1-14-17(4)38-26-16(3)27-22(10-21(14)26)15(2)20(29(35)39-27)5-8-25(33)30-11-18-9-19(13-30)23-6-7-24(32(36)37)28(34)31(23)12-18/h6-7,10,18-19H,5,8-9,11-13H2,1-4H3/t18-,19?/m0/s1. The van der Waals surface area contributed by atoms with Crippen LogP contribution in [0.5, 0.6) is 0 Å². The minimum atomic E-state index is -0.650. The summed E-state index contributed by atoms with van der Waals surface area (Å²) in [5, 5.41) is 13.0. The molecule has 1 unspecified atom stereocenters. The number of hydrogen-bond acceptors (Lipinski definition) is 7. The van der Waals surface area contributed by atoms with Gasteiger partial charge in [0.15, 0.2) is 0 Å². The Morgan fingerprint density at radius 1 is 1.00 bits per heavy atom. The monoisotopic (exact) mass is 531 g/mol. The summed E-state index contributed by atoms with van der Waals surface area (Å²) in [5.74, 6) is 0.745. The average Bonchev–Trinajstić information content (AvgIpc) is 3.18. The van der Waals surface area contributed by atoms with Crippen LogP contribution in [0, 0.1) is 43.7 Å². The maximum atomic E-state index is 13.3. The molecular formula is C29H29N3O7. The molecule has 10 heteroatoms. The number of aryl methyl sites for hydroxylation is 4. The molecule has 0 radical (unpaired) electrons. The largest absolute Gasteiger partial charge is 0.461 e. The van der Waals surface area contributed by atoms with Crippen LogP contribution >= 0.6 is 0 Å². The minimum absolute atomic E-state index is 0.0411. The van der Waals surface area contributed by atoms with E-state index in [1.807, 2.05) is 33.8 Å². The van der Waals surface area contributed by atoms with E-state index in [0.29, 0.717) is 30.8 Å². The number of nitro groups is 1. The van der Waals surface area contributed by atoms with Gasteiger partial charge < -0.3 is 18.3 Å². The first-order chi connectivity index (χ1) is 18.5. The minimum Gasteiger partial charge on any atom is -0.461 e. The predicted molar refractivity (Wildman–Crippen MR) is 144 cm³/mol. The molecule has 2 atom stereocenters. The van der Waals surface area contributed by atoms with Crippen LogP contribution in [-0.4, -0.2) is 33.4 Å². The number of rotatable bonds is 4. The third-order valence-corrected chi connectivity index (χ3v) is 8.67. The lowest BCUT2D eigenvalue weighted by atomic mass is 9.83. The van der Waals surface area contributed by atoms with Crippen LogP contribution in [-0.2, 0) is 17.8 Å². The zero-order chi connectivity index (χ0) is 27.7. The van der Waals surface area contributed by atoms with Crippen LogP contribution in [0.4, 0.5) is 5.69 Å². The maximum Gasteiger partial charge on any atom is 0.339 e. The summed E-state index contributed by atoms with van der Waals surface area (Å²) in [6, 6.07) is 4.90. The van der Waals surface area contributed by atoms with Crippen molar-refractivity contribution in [3.63, 3.8) is 0 Å². The molecule has 0 spiro atoms. The molecule has 0 aliphatic carbocycles. The predicted octanol–water partition coefficient (Wildman–Crippen LogP) is 4.42. The first-order valence-electron chi connectivity index (χ1n) is 13.2. The van der Waals surface area contributed by atoms with E-state index in [2.05, 4.69) is 0 Å². The molecule has 1 aromatic carbocycles. The number of furan rings is 1. The summed E-state index contributed by atoms with van der Waals surface area (Å²) in [4.78, 5) is 51.3. The Morgan fingerprint density at radius 3 is 2.46 bits per heavy atom. The number of pyridine rings is 1. The Morgan fingerprint density at radius 2 is 1.72 bits per heavy atom. The fraction of sp³-hybridized carbons (Fsp3) is 0.414. The number of nitrogens with zero attached hydrogens (tertiary/aromatic N) is 3. The fourth-order valence-electron chi connectivity index (χ4n) is 6.45. The molecule has 4 aromatic rings. The first-order valence-corrected chi connectivity index (χ1v) is 13.2. The van der Waals surface area contributed by atoms with E-state index in [9.17, 15) is 24.5 Å². The van der Waals surface area contributed by atoms with Crippen LogP contribution in [0.2, 0.25) is 0 Å². The van der Waals surface area contributed by atoms with E-state index in [-0.39, 0.29) is 30.6 Å². The highest BCUT2D eigenvalue weighted by Crippen LogP contribution is 2.37. The van der Waals surface area contributed by atoms with E-state index in [1.54, 1.807) is 11.0 Å². The van der Waals surface area contributed by atoms with E-state index < -0.39 is 21.8 Å². The molecule has 1 fully saturated rings. The third-order valence-electron chi connectivity index (χ3n) is 8.67. The maximum absolute atomic E-state index is 13.3. The van der Waals surface area contributed by atoms with Gasteiger partial charge in [-0.05, 0) is 69.7 Å². The van der Waals surface area contributed by atoms with Gasteiger partial charge in [-0.1, -0.05) is 0 Å². The Hall–Kier alpha value is -4.21. The van der Waals surface area contributed by atoms with Gasteiger partial charge in [0.05, 0.1) is 4.92 Å². The molecule has 3 aromatic heterocycles. The third kappa shape index (κ3) is 3.88. The van der Waals surface area contributed by atoms with Crippen molar-refractivity contribution in [1.29, 1.82) is 0 Å². The van der Waals surface area contributed by atoms with E-state index >= 15 is 0 Å². The zero-order valence-electron chi connectivity index (χ0n) is 22.3. The quantitative estimate of drug-likeness (QED) is 0.217. The Balaban J connectivity index is 1.25. The fourth-order valence-corrected chi connectivity index (χ4v) is 6.45. The van der Waals surface area contributed by atoms with Gasteiger partial charge >= 0.3 is 16.9 Å². The highest BCUT2D eigenvalue weighted by atomic mass is 16.6.